The summed E-state index contributed by atoms with van der Waals surface area (Å²) in [6.07, 6.45) is 3.23. The molecule has 0 bridgehead atoms. The molecule has 0 aliphatic heterocycles. The van der Waals surface area contributed by atoms with Crippen LogP contribution >= 0.6 is 0 Å². The van der Waals surface area contributed by atoms with Crippen molar-refractivity contribution in [3.63, 3.8) is 0 Å². The lowest BCUT2D eigenvalue weighted by Crippen LogP contribution is -2.28. The SMILES string of the molecule is CCn1ncnc1[C@@H](C)NC(=O)c1ccc(-c2cnc(N)c(C)c2)cc1. The smallest absolute Gasteiger partial charge is 0.251 e. The summed E-state index contributed by atoms with van der Waals surface area (Å²) in [5, 5.41) is 7.09. The molecule has 0 spiro atoms. The van der Waals surface area contributed by atoms with E-state index in [1.807, 2.05) is 39.0 Å². The van der Waals surface area contributed by atoms with Gasteiger partial charge in [0.25, 0.3) is 5.91 Å². The normalized spacial score (nSPS) is 12.0. The second-order valence-electron chi connectivity index (χ2n) is 6.13. The van der Waals surface area contributed by atoms with Crippen LogP contribution in [0.15, 0.2) is 42.9 Å². The van der Waals surface area contributed by atoms with E-state index in [2.05, 4.69) is 20.4 Å². The molecule has 134 valence electrons. The Morgan fingerprint density at radius 1 is 1.23 bits per heavy atom. The topological polar surface area (TPSA) is 98.7 Å². The molecule has 0 saturated heterocycles. The summed E-state index contributed by atoms with van der Waals surface area (Å²) in [5.41, 5.74) is 9.23. The van der Waals surface area contributed by atoms with Crippen molar-refractivity contribution < 1.29 is 4.79 Å². The van der Waals surface area contributed by atoms with E-state index in [1.165, 1.54) is 6.33 Å². The van der Waals surface area contributed by atoms with Gasteiger partial charge in [-0.05, 0) is 50.1 Å². The Kier molecular flexibility index (Phi) is 4.97. The van der Waals surface area contributed by atoms with E-state index in [-0.39, 0.29) is 11.9 Å². The van der Waals surface area contributed by atoms with Crippen molar-refractivity contribution in [2.24, 2.45) is 0 Å². The number of hydrogen-bond donors (Lipinski definition) is 2. The zero-order chi connectivity index (χ0) is 18.7. The van der Waals surface area contributed by atoms with Gasteiger partial charge >= 0.3 is 0 Å². The fourth-order valence-corrected chi connectivity index (χ4v) is 2.75. The van der Waals surface area contributed by atoms with Crippen LogP contribution in [0.5, 0.6) is 0 Å². The second-order valence-corrected chi connectivity index (χ2v) is 6.13. The number of amides is 1. The molecule has 0 saturated carbocycles. The number of rotatable bonds is 5. The van der Waals surface area contributed by atoms with Crippen LogP contribution in [-0.2, 0) is 6.54 Å². The van der Waals surface area contributed by atoms with E-state index >= 15 is 0 Å². The first-order valence-electron chi connectivity index (χ1n) is 8.50. The molecular weight excluding hydrogens is 328 g/mol. The fourth-order valence-electron chi connectivity index (χ4n) is 2.75. The van der Waals surface area contributed by atoms with Gasteiger partial charge in [-0.25, -0.2) is 14.6 Å². The molecule has 0 aliphatic rings. The Morgan fingerprint density at radius 2 is 1.96 bits per heavy atom. The van der Waals surface area contributed by atoms with Crippen LogP contribution in [0.25, 0.3) is 11.1 Å². The maximum atomic E-state index is 12.5. The number of aromatic nitrogens is 4. The number of nitrogens with one attached hydrogen (secondary N) is 1. The lowest BCUT2D eigenvalue weighted by molar-refractivity contribution is 0.0937. The lowest BCUT2D eigenvalue weighted by Gasteiger charge is -2.14. The molecule has 0 unspecified atom stereocenters. The van der Waals surface area contributed by atoms with Crippen molar-refractivity contribution in [3.8, 4) is 11.1 Å². The first-order chi connectivity index (χ1) is 12.5. The molecule has 3 rings (SSSR count). The average molecular weight is 350 g/mol. The third-order valence-electron chi connectivity index (χ3n) is 4.28. The van der Waals surface area contributed by atoms with Crippen molar-refractivity contribution >= 4 is 11.7 Å². The Labute approximate surface area is 152 Å². The standard InChI is InChI=1S/C19H22N6O/c1-4-25-18(22-11-23-25)13(3)24-19(26)15-7-5-14(6-8-15)16-9-12(2)17(20)21-10-16/h5-11,13H,4H2,1-3H3,(H2,20,21)(H,24,26)/t13-/m1/s1. The highest BCUT2D eigenvalue weighted by Crippen LogP contribution is 2.22. The van der Waals surface area contributed by atoms with Gasteiger partial charge in [0.1, 0.15) is 18.0 Å². The third kappa shape index (κ3) is 3.56. The highest BCUT2D eigenvalue weighted by atomic mass is 16.1. The van der Waals surface area contributed by atoms with Crippen LogP contribution in [0, 0.1) is 6.92 Å². The molecular formula is C19H22N6O. The van der Waals surface area contributed by atoms with Crippen molar-refractivity contribution in [1.82, 2.24) is 25.1 Å². The summed E-state index contributed by atoms with van der Waals surface area (Å²) in [7, 11) is 0. The van der Waals surface area contributed by atoms with Gasteiger partial charge in [-0.1, -0.05) is 12.1 Å². The first-order valence-corrected chi connectivity index (χ1v) is 8.50. The Morgan fingerprint density at radius 3 is 2.62 bits per heavy atom. The Hall–Kier alpha value is -3.22. The fraction of sp³-hybridized carbons (Fsp3) is 0.263. The number of hydrogen-bond acceptors (Lipinski definition) is 5. The number of pyridine rings is 1. The van der Waals surface area contributed by atoms with Gasteiger partial charge in [-0.2, -0.15) is 5.10 Å². The predicted molar refractivity (Wildman–Crippen MR) is 100 cm³/mol. The maximum Gasteiger partial charge on any atom is 0.251 e. The third-order valence-corrected chi connectivity index (χ3v) is 4.28. The molecule has 2 aromatic heterocycles. The summed E-state index contributed by atoms with van der Waals surface area (Å²) in [5.74, 6) is 1.11. The zero-order valence-electron chi connectivity index (χ0n) is 15.1. The van der Waals surface area contributed by atoms with Crippen molar-refractivity contribution in [1.29, 1.82) is 0 Å². The number of nitrogens with two attached hydrogens (primary N) is 1. The number of carbonyl (C=O) groups is 1. The van der Waals surface area contributed by atoms with Crippen molar-refractivity contribution in [2.75, 3.05) is 5.73 Å². The highest BCUT2D eigenvalue weighted by Gasteiger charge is 2.16. The summed E-state index contributed by atoms with van der Waals surface area (Å²) >= 11 is 0. The number of nitrogens with zero attached hydrogens (tertiary/aromatic N) is 4. The van der Waals surface area contributed by atoms with Gasteiger partial charge < -0.3 is 11.1 Å². The van der Waals surface area contributed by atoms with Gasteiger partial charge in [-0.15, -0.1) is 0 Å². The number of anilines is 1. The predicted octanol–water partition coefficient (Wildman–Crippen LogP) is 2.74. The zero-order valence-corrected chi connectivity index (χ0v) is 15.1. The van der Waals surface area contributed by atoms with E-state index in [0.717, 1.165) is 22.5 Å². The van der Waals surface area contributed by atoms with Gasteiger partial charge in [0, 0.05) is 23.9 Å². The van der Waals surface area contributed by atoms with E-state index in [4.69, 9.17) is 5.73 Å². The number of nitrogen functional groups attached to an aromatic ring is 1. The summed E-state index contributed by atoms with van der Waals surface area (Å²) in [4.78, 5) is 20.9. The van der Waals surface area contributed by atoms with Crippen LogP contribution in [0.2, 0.25) is 0 Å². The van der Waals surface area contributed by atoms with Crippen molar-refractivity contribution in [2.45, 2.75) is 33.4 Å². The van der Waals surface area contributed by atoms with Crippen LogP contribution < -0.4 is 11.1 Å². The minimum atomic E-state index is -0.228. The molecule has 1 atom stereocenters. The maximum absolute atomic E-state index is 12.5. The summed E-state index contributed by atoms with van der Waals surface area (Å²) in [6, 6.07) is 9.16. The second kappa shape index (κ2) is 7.35. The summed E-state index contributed by atoms with van der Waals surface area (Å²) in [6.45, 7) is 6.51. The van der Waals surface area contributed by atoms with E-state index in [0.29, 0.717) is 17.9 Å². The Balaban J connectivity index is 1.73. The molecule has 0 fully saturated rings. The summed E-state index contributed by atoms with van der Waals surface area (Å²) < 4.78 is 1.77. The molecule has 3 N–H and O–H groups in total. The first kappa shape index (κ1) is 17.6. The van der Waals surface area contributed by atoms with E-state index < -0.39 is 0 Å². The van der Waals surface area contributed by atoms with Gasteiger partial charge in [-0.3, -0.25) is 4.79 Å². The molecule has 3 aromatic rings. The monoisotopic (exact) mass is 350 g/mol. The minimum absolute atomic E-state index is 0.152. The molecule has 2 heterocycles. The van der Waals surface area contributed by atoms with Crippen LogP contribution in [0.4, 0.5) is 5.82 Å². The molecule has 1 aromatic carbocycles. The van der Waals surface area contributed by atoms with E-state index in [9.17, 15) is 4.79 Å². The lowest BCUT2D eigenvalue weighted by atomic mass is 10.0. The largest absolute Gasteiger partial charge is 0.383 e. The van der Waals surface area contributed by atoms with Crippen molar-refractivity contribution in [3.05, 3.63) is 59.8 Å². The number of aryl methyl sites for hydroxylation is 2. The highest BCUT2D eigenvalue weighted by molar-refractivity contribution is 5.94. The molecule has 1 amide bonds. The van der Waals surface area contributed by atoms with Crippen LogP contribution in [-0.4, -0.2) is 25.7 Å². The Bertz CT molecular complexity index is 916. The van der Waals surface area contributed by atoms with Crippen LogP contribution in [0.1, 0.15) is 41.6 Å². The quantitative estimate of drug-likeness (QED) is 0.737. The van der Waals surface area contributed by atoms with E-state index in [1.54, 1.807) is 23.0 Å². The minimum Gasteiger partial charge on any atom is -0.383 e. The van der Waals surface area contributed by atoms with Gasteiger partial charge in [0.2, 0.25) is 0 Å². The van der Waals surface area contributed by atoms with Gasteiger partial charge in [0.15, 0.2) is 0 Å². The molecule has 0 radical (unpaired) electrons. The molecule has 7 heteroatoms. The van der Waals surface area contributed by atoms with Crippen LogP contribution in [0.3, 0.4) is 0 Å². The van der Waals surface area contributed by atoms with Gasteiger partial charge in [0.05, 0.1) is 6.04 Å². The number of benzene rings is 1. The molecule has 7 nitrogen and oxygen atoms in total. The molecule has 26 heavy (non-hydrogen) atoms. The molecule has 0 aliphatic carbocycles. The number of carbonyl (C=O) groups excluding carboxylic acids is 1. The average Bonchev–Trinajstić information content (AvgIpc) is 3.13.